The Hall–Kier alpha value is -4.27. The highest BCUT2D eigenvalue weighted by molar-refractivity contribution is 6.04. The summed E-state index contributed by atoms with van der Waals surface area (Å²) < 4.78 is 43.4. The lowest BCUT2D eigenvalue weighted by Crippen LogP contribution is -2.44. The number of carbonyl (C=O) groups is 1. The van der Waals surface area contributed by atoms with Gasteiger partial charge in [-0.1, -0.05) is 18.1 Å². The molecule has 3 heterocycles. The third-order valence-corrected chi connectivity index (χ3v) is 6.91. The molecule has 0 radical (unpaired) electrons. The van der Waals surface area contributed by atoms with Gasteiger partial charge >= 0.3 is 6.18 Å². The van der Waals surface area contributed by atoms with Gasteiger partial charge in [0.05, 0.1) is 5.56 Å². The van der Waals surface area contributed by atoms with Gasteiger partial charge in [-0.05, 0) is 74.3 Å². The molecule has 1 saturated heterocycles. The molecule has 0 bridgehead atoms. The number of nitrogens with one attached hydrogen (secondary N) is 1. The summed E-state index contributed by atoms with van der Waals surface area (Å²) in [5, 5.41) is 15.0. The van der Waals surface area contributed by atoms with Gasteiger partial charge in [0.15, 0.2) is 11.5 Å². The number of aryl methyl sites for hydroxylation is 2. The number of rotatable bonds is 4. The van der Waals surface area contributed by atoms with Crippen LogP contribution in [0.1, 0.15) is 44.1 Å². The summed E-state index contributed by atoms with van der Waals surface area (Å²) in [6.45, 7) is 6.88. The Morgan fingerprint density at radius 3 is 2.50 bits per heavy atom. The Morgan fingerprint density at radius 1 is 0.975 bits per heavy atom. The normalized spacial score (nSPS) is 14.7. The zero-order chi connectivity index (χ0) is 28.4. The minimum Gasteiger partial charge on any atom is -0.322 e. The molecule has 1 aliphatic rings. The van der Waals surface area contributed by atoms with Crippen LogP contribution in [0.5, 0.6) is 0 Å². The van der Waals surface area contributed by atoms with Crippen LogP contribution in [0, 0.1) is 25.7 Å². The van der Waals surface area contributed by atoms with E-state index in [0.717, 1.165) is 24.7 Å². The van der Waals surface area contributed by atoms with Crippen LogP contribution in [-0.2, 0) is 12.7 Å². The number of carbonyl (C=O) groups excluding carboxylic acids is 1. The van der Waals surface area contributed by atoms with E-state index in [1.807, 2.05) is 18.9 Å². The zero-order valence-corrected chi connectivity index (χ0v) is 22.4. The average Bonchev–Trinajstić information content (AvgIpc) is 3.29. The third kappa shape index (κ3) is 6.14. The lowest BCUT2D eigenvalue weighted by molar-refractivity contribution is -0.138. The fraction of sp³-hybridized carbons (Fsp3) is 0.310. The number of alkyl halides is 3. The molecule has 0 spiro atoms. The molecule has 206 valence electrons. The fourth-order valence-electron chi connectivity index (χ4n) is 4.50. The van der Waals surface area contributed by atoms with Crippen LogP contribution in [0.2, 0.25) is 0 Å². The van der Waals surface area contributed by atoms with Crippen molar-refractivity contribution in [2.45, 2.75) is 26.6 Å². The van der Waals surface area contributed by atoms with Crippen molar-refractivity contribution < 1.29 is 18.0 Å². The Morgan fingerprint density at radius 2 is 1.75 bits per heavy atom. The van der Waals surface area contributed by atoms with Crippen molar-refractivity contribution in [1.82, 2.24) is 29.6 Å². The Bertz CT molecular complexity index is 1630. The van der Waals surface area contributed by atoms with Gasteiger partial charge in [-0.2, -0.15) is 22.8 Å². The Kier molecular flexibility index (Phi) is 7.56. The van der Waals surface area contributed by atoms with E-state index >= 15 is 0 Å². The first-order chi connectivity index (χ1) is 19.1. The first-order valence-corrected chi connectivity index (χ1v) is 12.8. The maximum absolute atomic E-state index is 13.9. The second-order valence-electron chi connectivity index (χ2n) is 9.92. The maximum Gasteiger partial charge on any atom is 0.416 e. The van der Waals surface area contributed by atoms with Gasteiger partial charge < -0.3 is 10.2 Å². The molecule has 8 nitrogen and oxygen atoms in total. The van der Waals surface area contributed by atoms with E-state index in [9.17, 15) is 18.0 Å². The van der Waals surface area contributed by atoms with Gasteiger partial charge in [0, 0.05) is 49.5 Å². The largest absolute Gasteiger partial charge is 0.416 e. The second kappa shape index (κ2) is 11.1. The van der Waals surface area contributed by atoms with Gasteiger partial charge in [0.2, 0.25) is 0 Å². The van der Waals surface area contributed by atoms with E-state index in [1.54, 1.807) is 41.8 Å². The van der Waals surface area contributed by atoms with Crippen molar-refractivity contribution in [3.63, 3.8) is 0 Å². The molecule has 0 unspecified atom stereocenters. The van der Waals surface area contributed by atoms with E-state index in [2.05, 4.69) is 37.4 Å². The molecule has 1 N–H and O–H groups in total. The average molecular weight is 548 g/mol. The van der Waals surface area contributed by atoms with Crippen molar-refractivity contribution in [2.24, 2.45) is 0 Å². The highest BCUT2D eigenvalue weighted by atomic mass is 19.4. The number of piperazine rings is 1. The summed E-state index contributed by atoms with van der Waals surface area (Å²) in [7, 11) is 2.00. The molecule has 0 saturated carbocycles. The van der Waals surface area contributed by atoms with E-state index < -0.39 is 17.6 Å². The molecule has 0 aliphatic carbocycles. The van der Waals surface area contributed by atoms with E-state index in [-0.39, 0.29) is 23.4 Å². The van der Waals surface area contributed by atoms with E-state index in [4.69, 9.17) is 0 Å². The zero-order valence-electron chi connectivity index (χ0n) is 22.4. The van der Waals surface area contributed by atoms with Gasteiger partial charge in [-0.15, -0.1) is 10.2 Å². The second-order valence-corrected chi connectivity index (χ2v) is 9.92. The number of anilines is 1. The molecule has 1 fully saturated rings. The number of nitrogens with zero attached hydrogens (tertiary/aromatic N) is 6. The third-order valence-electron chi connectivity index (χ3n) is 6.91. The van der Waals surface area contributed by atoms with Gasteiger partial charge in [-0.25, -0.2) is 0 Å². The van der Waals surface area contributed by atoms with Crippen molar-refractivity contribution >= 4 is 17.2 Å². The smallest absolute Gasteiger partial charge is 0.322 e. The summed E-state index contributed by atoms with van der Waals surface area (Å²) in [6.07, 6.45) is -4.54. The fourth-order valence-corrected chi connectivity index (χ4v) is 4.50. The van der Waals surface area contributed by atoms with Crippen molar-refractivity contribution in [1.29, 1.82) is 0 Å². The number of benzene rings is 2. The van der Waals surface area contributed by atoms with Crippen molar-refractivity contribution in [3.05, 3.63) is 87.9 Å². The van der Waals surface area contributed by atoms with E-state index in [1.165, 1.54) is 12.1 Å². The number of fused-ring (bicyclic) bond motifs is 1. The van der Waals surface area contributed by atoms with Crippen LogP contribution in [0.3, 0.4) is 0 Å². The lowest BCUT2D eigenvalue weighted by atomic mass is 10.0. The predicted molar refractivity (Wildman–Crippen MR) is 145 cm³/mol. The first-order valence-electron chi connectivity index (χ1n) is 12.8. The van der Waals surface area contributed by atoms with Crippen LogP contribution in [0.25, 0.3) is 5.65 Å². The van der Waals surface area contributed by atoms with Crippen LogP contribution in [0.4, 0.5) is 18.9 Å². The van der Waals surface area contributed by atoms with Crippen molar-refractivity contribution in [2.75, 3.05) is 38.5 Å². The monoisotopic (exact) mass is 547 g/mol. The molecule has 5 rings (SSSR count). The van der Waals surface area contributed by atoms with Crippen LogP contribution in [-0.4, -0.2) is 68.7 Å². The number of likely N-dealkylation sites (N-methyl/N-ethyl adjacent to an activating group) is 1. The van der Waals surface area contributed by atoms with Crippen LogP contribution >= 0.6 is 0 Å². The summed E-state index contributed by atoms with van der Waals surface area (Å²) in [5.74, 6) is 6.14. The van der Waals surface area contributed by atoms with Crippen LogP contribution in [0.15, 0.2) is 48.5 Å². The molecule has 2 aromatic heterocycles. The summed E-state index contributed by atoms with van der Waals surface area (Å²) in [6, 6.07) is 12.5. The minimum absolute atomic E-state index is 0.0782. The lowest BCUT2D eigenvalue weighted by Gasteiger charge is -2.33. The van der Waals surface area contributed by atoms with E-state index in [0.29, 0.717) is 35.8 Å². The Labute approximate surface area is 229 Å². The number of amides is 1. The molecule has 1 amide bonds. The number of aromatic nitrogens is 4. The molecule has 4 aromatic rings. The maximum atomic E-state index is 13.9. The topological polar surface area (TPSA) is 78.7 Å². The minimum atomic E-state index is -4.54. The number of hydrogen-bond acceptors (Lipinski definition) is 6. The Balaban J connectivity index is 1.34. The number of halogens is 3. The van der Waals surface area contributed by atoms with Gasteiger partial charge in [0.25, 0.3) is 5.91 Å². The predicted octanol–water partition coefficient (Wildman–Crippen LogP) is 4.16. The molecule has 0 atom stereocenters. The molecule has 40 heavy (non-hydrogen) atoms. The molecule has 11 heteroatoms. The molecule has 1 aliphatic heterocycles. The SMILES string of the molecule is Cc1ccc(C(=O)Nc2ccc(CN3CCN(C)CC3)c(C(F)(F)F)c2)cc1C#Cc1ccc2nnc(C)n2n1. The summed E-state index contributed by atoms with van der Waals surface area (Å²) >= 11 is 0. The standard InChI is InChI=1S/C29H28F3N7O/c1-19-4-5-22(16-21(19)6-8-24-10-11-27-35-34-20(2)39(27)36-24)28(40)33-25-9-7-23(26(17-25)29(30,31)32)18-38-14-12-37(3)13-15-38/h4-5,7,9-11,16-17H,12-15,18H2,1-3H3,(H,33,40). The highest BCUT2D eigenvalue weighted by Gasteiger charge is 2.34. The summed E-state index contributed by atoms with van der Waals surface area (Å²) in [5.41, 5.74) is 2.37. The molecular weight excluding hydrogens is 519 g/mol. The molecular formula is C29H28F3N7O. The van der Waals surface area contributed by atoms with Crippen LogP contribution < -0.4 is 5.32 Å². The van der Waals surface area contributed by atoms with Crippen molar-refractivity contribution in [3.8, 4) is 11.8 Å². The molecule has 2 aromatic carbocycles. The van der Waals surface area contributed by atoms with Gasteiger partial charge in [-0.3, -0.25) is 9.69 Å². The quantitative estimate of drug-likeness (QED) is 0.387. The van der Waals surface area contributed by atoms with Gasteiger partial charge in [0.1, 0.15) is 5.69 Å². The first kappa shape index (κ1) is 27.3. The number of hydrogen-bond donors (Lipinski definition) is 1. The highest BCUT2D eigenvalue weighted by Crippen LogP contribution is 2.34. The summed E-state index contributed by atoms with van der Waals surface area (Å²) in [4.78, 5) is 17.2.